The lowest BCUT2D eigenvalue weighted by Crippen LogP contribution is -2.48. The van der Waals surface area contributed by atoms with Gasteiger partial charge in [0.15, 0.2) is 0 Å². The Morgan fingerprint density at radius 1 is 1.30 bits per heavy atom. The molecule has 9 nitrogen and oxygen atoms in total. The molecule has 0 spiro atoms. The minimum atomic E-state index is -0.644. The summed E-state index contributed by atoms with van der Waals surface area (Å²) in [5.41, 5.74) is -0.321. The van der Waals surface area contributed by atoms with Gasteiger partial charge >= 0.3 is 0 Å². The minimum Gasteiger partial charge on any atom is -0.377 e. The lowest BCUT2D eigenvalue weighted by Gasteiger charge is -2.35. The number of hydrogen-bond acceptors (Lipinski definition) is 7. The first-order chi connectivity index (χ1) is 11.0. The smallest absolute Gasteiger partial charge is 0.299 e. The molecule has 1 aromatic carbocycles. The predicted octanol–water partition coefficient (Wildman–Crippen LogP) is 1.78. The van der Waals surface area contributed by atoms with Gasteiger partial charge in [0.25, 0.3) is 11.4 Å². The molecule has 0 aliphatic carbocycles. The van der Waals surface area contributed by atoms with E-state index in [9.17, 15) is 20.2 Å². The second-order valence-corrected chi connectivity index (χ2v) is 5.84. The van der Waals surface area contributed by atoms with Crippen LogP contribution in [-0.2, 0) is 4.74 Å². The number of fused-ring (bicyclic) bond motifs is 1. The molecule has 1 N–H and O–H groups in total. The monoisotopic (exact) mass is 322 g/mol. The van der Waals surface area contributed by atoms with Crippen LogP contribution >= 0.6 is 0 Å². The standard InChI is InChI=1S/C14H18N4O5/c19-17(20)10-3-4-13(14(6-10)18(21)22)15-7-12-8-16-5-1-2-11(16)9-23-12/h3-4,6,11-12,15H,1-2,5,7-9H2. The van der Waals surface area contributed by atoms with E-state index >= 15 is 0 Å². The van der Waals surface area contributed by atoms with E-state index in [1.54, 1.807) is 0 Å². The highest BCUT2D eigenvalue weighted by atomic mass is 16.6. The molecule has 9 heteroatoms. The van der Waals surface area contributed by atoms with Crippen molar-refractivity contribution in [3.63, 3.8) is 0 Å². The van der Waals surface area contributed by atoms with Gasteiger partial charge in [-0.3, -0.25) is 25.1 Å². The van der Waals surface area contributed by atoms with Crippen molar-refractivity contribution in [2.24, 2.45) is 0 Å². The SMILES string of the molecule is O=[N+]([O-])c1ccc(NCC2CN3CCCC3CO2)c([N+](=O)[O-])c1. The summed E-state index contributed by atoms with van der Waals surface area (Å²) in [6.45, 7) is 3.00. The van der Waals surface area contributed by atoms with E-state index in [1.165, 1.54) is 18.6 Å². The van der Waals surface area contributed by atoms with Gasteiger partial charge in [0, 0.05) is 25.2 Å². The Labute approximate surface area is 132 Å². The summed E-state index contributed by atoms with van der Waals surface area (Å²) in [6, 6.07) is 4.10. The van der Waals surface area contributed by atoms with Gasteiger partial charge < -0.3 is 10.1 Å². The summed E-state index contributed by atoms with van der Waals surface area (Å²) in [6.07, 6.45) is 2.30. The van der Waals surface area contributed by atoms with Crippen molar-refractivity contribution >= 4 is 17.1 Å². The van der Waals surface area contributed by atoms with Crippen molar-refractivity contribution in [1.29, 1.82) is 0 Å². The lowest BCUT2D eigenvalue weighted by atomic mass is 10.2. The van der Waals surface area contributed by atoms with Gasteiger partial charge in [0.2, 0.25) is 0 Å². The quantitative estimate of drug-likeness (QED) is 0.649. The maximum atomic E-state index is 11.1. The molecule has 2 aliphatic rings. The Hall–Kier alpha value is -2.26. The third-order valence-corrected chi connectivity index (χ3v) is 4.37. The second kappa shape index (κ2) is 6.47. The number of non-ortho nitro benzene ring substituents is 1. The van der Waals surface area contributed by atoms with Gasteiger partial charge in [-0.15, -0.1) is 0 Å². The number of nitro groups is 2. The topological polar surface area (TPSA) is 111 Å². The molecule has 2 saturated heterocycles. The van der Waals surface area contributed by atoms with Crippen molar-refractivity contribution in [1.82, 2.24) is 4.90 Å². The van der Waals surface area contributed by atoms with Crippen LogP contribution < -0.4 is 5.32 Å². The molecule has 1 aromatic rings. The van der Waals surface area contributed by atoms with Gasteiger partial charge in [-0.2, -0.15) is 0 Å². The number of ether oxygens (including phenoxy) is 1. The minimum absolute atomic E-state index is 0.0425. The molecule has 0 aromatic heterocycles. The van der Waals surface area contributed by atoms with Crippen molar-refractivity contribution in [3.05, 3.63) is 38.4 Å². The third kappa shape index (κ3) is 3.40. The first-order valence-corrected chi connectivity index (χ1v) is 7.57. The van der Waals surface area contributed by atoms with E-state index in [1.807, 2.05) is 0 Å². The Balaban J connectivity index is 1.65. The highest BCUT2D eigenvalue weighted by molar-refractivity contribution is 5.65. The fraction of sp³-hybridized carbons (Fsp3) is 0.571. The highest BCUT2D eigenvalue weighted by Crippen LogP contribution is 2.29. The molecule has 124 valence electrons. The highest BCUT2D eigenvalue weighted by Gasteiger charge is 2.32. The van der Waals surface area contributed by atoms with Crippen LogP contribution in [0.4, 0.5) is 17.1 Å². The summed E-state index contributed by atoms with van der Waals surface area (Å²) in [4.78, 5) is 23.0. The largest absolute Gasteiger partial charge is 0.377 e. The van der Waals surface area contributed by atoms with Gasteiger partial charge in [-0.05, 0) is 25.5 Å². The van der Waals surface area contributed by atoms with Crippen LogP contribution in [0, 0.1) is 20.2 Å². The van der Waals surface area contributed by atoms with Gasteiger partial charge in [0.1, 0.15) is 5.69 Å². The summed E-state index contributed by atoms with van der Waals surface area (Å²) in [5.74, 6) is 0. The van der Waals surface area contributed by atoms with Crippen molar-refractivity contribution < 1.29 is 14.6 Å². The summed E-state index contributed by atoms with van der Waals surface area (Å²) >= 11 is 0. The molecule has 2 atom stereocenters. The fourth-order valence-electron chi connectivity index (χ4n) is 3.17. The molecular weight excluding hydrogens is 304 g/mol. The molecule has 2 heterocycles. The van der Waals surface area contributed by atoms with Gasteiger partial charge in [-0.25, -0.2) is 0 Å². The van der Waals surface area contributed by atoms with Crippen LogP contribution in [0.5, 0.6) is 0 Å². The van der Waals surface area contributed by atoms with Crippen molar-refractivity contribution in [2.75, 3.05) is 31.6 Å². The zero-order valence-corrected chi connectivity index (χ0v) is 12.5. The van der Waals surface area contributed by atoms with Crippen LogP contribution in [-0.4, -0.2) is 53.1 Å². The number of morpholine rings is 1. The second-order valence-electron chi connectivity index (χ2n) is 5.84. The number of nitrogens with zero attached hydrogens (tertiary/aromatic N) is 3. The molecule has 23 heavy (non-hydrogen) atoms. The number of nitrogens with one attached hydrogen (secondary N) is 1. The zero-order chi connectivity index (χ0) is 16.4. The maximum absolute atomic E-state index is 11.1. The van der Waals surface area contributed by atoms with Crippen molar-refractivity contribution in [3.8, 4) is 0 Å². The number of benzene rings is 1. The molecule has 3 rings (SSSR count). The Morgan fingerprint density at radius 3 is 2.87 bits per heavy atom. The molecule has 0 saturated carbocycles. The predicted molar refractivity (Wildman–Crippen MR) is 82.6 cm³/mol. The summed E-state index contributed by atoms with van der Waals surface area (Å²) < 4.78 is 5.79. The van der Waals surface area contributed by atoms with E-state index in [4.69, 9.17) is 4.74 Å². The first-order valence-electron chi connectivity index (χ1n) is 7.57. The average Bonchev–Trinajstić information content (AvgIpc) is 3.00. The van der Waals surface area contributed by atoms with Crippen LogP contribution in [0.3, 0.4) is 0 Å². The number of anilines is 1. The molecule has 0 amide bonds. The number of hydrogen-bond donors (Lipinski definition) is 1. The van der Waals surface area contributed by atoms with E-state index in [0.717, 1.165) is 25.6 Å². The molecule has 2 aliphatic heterocycles. The molecular formula is C14H18N4O5. The van der Waals surface area contributed by atoms with Gasteiger partial charge in [0.05, 0.1) is 28.6 Å². The Bertz CT molecular complexity index is 623. The summed E-state index contributed by atoms with van der Waals surface area (Å²) in [5, 5.41) is 24.8. The Kier molecular flexibility index (Phi) is 4.39. The van der Waals surface area contributed by atoms with E-state index in [2.05, 4.69) is 10.2 Å². The molecule has 0 radical (unpaired) electrons. The van der Waals surface area contributed by atoms with Crippen LogP contribution in [0.15, 0.2) is 18.2 Å². The van der Waals surface area contributed by atoms with Crippen molar-refractivity contribution in [2.45, 2.75) is 25.0 Å². The average molecular weight is 322 g/mol. The third-order valence-electron chi connectivity index (χ3n) is 4.37. The van der Waals surface area contributed by atoms with E-state index in [-0.39, 0.29) is 23.2 Å². The van der Waals surface area contributed by atoms with Gasteiger partial charge in [-0.1, -0.05) is 0 Å². The fourth-order valence-corrected chi connectivity index (χ4v) is 3.17. The summed E-state index contributed by atoms with van der Waals surface area (Å²) in [7, 11) is 0. The lowest BCUT2D eigenvalue weighted by molar-refractivity contribution is -0.393. The van der Waals surface area contributed by atoms with Crippen LogP contribution in [0.25, 0.3) is 0 Å². The Morgan fingerprint density at radius 2 is 2.13 bits per heavy atom. The van der Waals surface area contributed by atoms with Crippen LogP contribution in [0.1, 0.15) is 12.8 Å². The maximum Gasteiger partial charge on any atom is 0.299 e. The zero-order valence-electron chi connectivity index (χ0n) is 12.5. The van der Waals surface area contributed by atoms with Crippen LogP contribution in [0.2, 0.25) is 0 Å². The number of rotatable bonds is 5. The molecule has 0 bridgehead atoms. The molecule has 2 fully saturated rings. The van der Waals surface area contributed by atoms with E-state index in [0.29, 0.717) is 19.2 Å². The first kappa shape index (κ1) is 15.6. The van der Waals surface area contributed by atoms with E-state index < -0.39 is 9.85 Å². The molecule has 2 unspecified atom stereocenters. The number of nitro benzene ring substituents is 2. The normalized spacial score (nSPS) is 24.2.